The minimum Gasteiger partial charge on any atom is -0.497 e. The number of ether oxygens (including phenoxy) is 2. The summed E-state index contributed by atoms with van der Waals surface area (Å²) < 4.78 is 10.8. The number of rotatable bonds is 9. The minimum atomic E-state index is 0. The Morgan fingerprint density at radius 2 is 1.88 bits per heavy atom. The molecule has 0 aliphatic heterocycles. The van der Waals surface area contributed by atoms with Crippen LogP contribution in [0.25, 0.3) is 0 Å². The van der Waals surface area contributed by atoms with Gasteiger partial charge < -0.3 is 20.5 Å². The lowest BCUT2D eigenvalue weighted by molar-refractivity contribution is 0.309. The molecule has 2 aromatic carbocycles. The summed E-state index contributed by atoms with van der Waals surface area (Å²) in [7, 11) is 1.64. The van der Waals surface area contributed by atoms with Crippen molar-refractivity contribution in [2.75, 3.05) is 25.6 Å². The third-order valence-corrected chi connectivity index (χ3v) is 3.71. The lowest BCUT2D eigenvalue weighted by Crippen LogP contribution is -2.23. The normalized spacial score (nSPS) is 10.8. The van der Waals surface area contributed by atoms with Crippen molar-refractivity contribution in [1.82, 2.24) is 0 Å². The van der Waals surface area contributed by atoms with Crippen molar-refractivity contribution in [3.05, 3.63) is 54.1 Å². The predicted molar refractivity (Wildman–Crippen MR) is 119 cm³/mol. The highest BCUT2D eigenvalue weighted by atomic mass is 127. The summed E-state index contributed by atoms with van der Waals surface area (Å²) in [5, 5.41) is 3.07. The van der Waals surface area contributed by atoms with Gasteiger partial charge in [0.2, 0.25) is 0 Å². The van der Waals surface area contributed by atoms with E-state index in [-0.39, 0.29) is 24.0 Å². The van der Waals surface area contributed by atoms with E-state index in [4.69, 9.17) is 15.2 Å². The summed E-state index contributed by atoms with van der Waals surface area (Å²) in [6.45, 7) is 3.55. The second-order valence-corrected chi connectivity index (χ2v) is 5.72. The summed E-state index contributed by atoms with van der Waals surface area (Å²) in [5.41, 5.74) is 8.00. The number of guanidine groups is 1. The fourth-order valence-electron chi connectivity index (χ4n) is 2.28. The number of halogens is 1. The van der Waals surface area contributed by atoms with E-state index >= 15 is 0 Å². The highest BCUT2D eigenvalue weighted by Crippen LogP contribution is 2.16. The molecule has 3 N–H and O–H groups in total. The van der Waals surface area contributed by atoms with Gasteiger partial charge in [0, 0.05) is 18.3 Å². The van der Waals surface area contributed by atoms with Crippen molar-refractivity contribution < 1.29 is 9.47 Å². The van der Waals surface area contributed by atoms with E-state index in [2.05, 4.69) is 29.4 Å². The van der Waals surface area contributed by atoms with Crippen molar-refractivity contribution in [3.8, 4) is 11.5 Å². The molecule has 0 amide bonds. The monoisotopic (exact) mass is 469 g/mol. The number of nitrogens with one attached hydrogen (secondary N) is 1. The molecule has 0 heterocycles. The number of methoxy groups -OCH3 is 1. The number of unbranched alkanes of at least 4 members (excludes halogenated alkanes) is 1. The minimum absolute atomic E-state index is 0. The highest BCUT2D eigenvalue weighted by molar-refractivity contribution is 14.0. The number of hydrogen-bond donors (Lipinski definition) is 2. The average Bonchev–Trinajstić information content (AvgIpc) is 2.63. The number of benzene rings is 2. The van der Waals surface area contributed by atoms with E-state index in [0.29, 0.717) is 12.5 Å². The predicted octanol–water partition coefficient (Wildman–Crippen LogP) is 4.46. The van der Waals surface area contributed by atoms with Crippen LogP contribution in [0.3, 0.4) is 0 Å². The lowest BCUT2D eigenvalue weighted by atomic mass is 10.1. The van der Waals surface area contributed by atoms with Gasteiger partial charge in [-0.3, -0.25) is 4.99 Å². The lowest BCUT2D eigenvalue weighted by Gasteiger charge is -2.08. The summed E-state index contributed by atoms with van der Waals surface area (Å²) in [4.78, 5) is 4.36. The van der Waals surface area contributed by atoms with Crippen LogP contribution < -0.4 is 20.5 Å². The van der Waals surface area contributed by atoms with Crippen molar-refractivity contribution in [2.24, 2.45) is 10.7 Å². The Labute approximate surface area is 173 Å². The van der Waals surface area contributed by atoms with Crippen molar-refractivity contribution >= 4 is 35.6 Å². The molecule has 0 atom stereocenters. The van der Waals surface area contributed by atoms with E-state index in [0.717, 1.165) is 43.1 Å². The van der Waals surface area contributed by atoms with Gasteiger partial charge >= 0.3 is 0 Å². The molecule has 142 valence electrons. The maximum atomic E-state index is 5.93. The molecule has 0 aliphatic carbocycles. The van der Waals surface area contributed by atoms with Crippen molar-refractivity contribution in [1.29, 1.82) is 0 Å². The van der Waals surface area contributed by atoms with Crippen LogP contribution in [0.2, 0.25) is 0 Å². The molecule has 0 saturated heterocycles. The van der Waals surface area contributed by atoms with Crippen LogP contribution in [0, 0.1) is 0 Å². The van der Waals surface area contributed by atoms with Gasteiger partial charge in [-0.05, 0) is 42.7 Å². The quantitative estimate of drug-likeness (QED) is 0.246. The molecule has 0 fully saturated rings. The van der Waals surface area contributed by atoms with Gasteiger partial charge in [0.1, 0.15) is 11.5 Å². The zero-order valence-electron chi connectivity index (χ0n) is 15.4. The summed E-state index contributed by atoms with van der Waals surface area (Å²) in [6, 6.07) is 15.7. The molecule has 0 radical (unpaired) electrons. The molecule has 0 saturated carbocycles. The third-order valence-electron chi connectivity index (χ3n) is 3.71. The molecule has 0 aromatic heterocycles. The van der Waals surface area contributed by atoms with Crippen LogP contribution >= 0.6 is 24.0 Å². The smallest absolute Gasteiger partial charge is 0.193 e. The van der Waals surface area contributed by atoms with E-state index in [1.165, 1.54) is 5.56 Å². The van der Waals surface area contributed by atoms with Crippen LogP contribution in [0.15, 0.2) is 53.5 Å². The van der Waals surface area contributed by atoms with E-state index < -0.39 is 0 Å². The van der Waals surface area contributed by atoms with Gasteiger partial charge in [-0.25, -0.2) is 0 Å². The Hall–Kier alpha value is -1.96. The molecule has 5 nitrogen and oxygen atoms in total. The van der Waals surface area contributed by atoms with Crippen LogP contribution in [0.1, 0.15) is 25.3 Å². The Morgan fingerprint density at radius 3 is 2.58 bits per heavy atom. The van der Waals surface area contributed by atoms with E-state index in [1.54, 1.807) is 7.11 Å². The van der Waals surface area contributed by atoms with Gasteiger partial charge in [-0.1, -0.05) is 31.5 Å². The van der Waals surface area contributed by atoms with Gasteiger partial charge in [-0.15, -0.1) is 24.0 Å². The van der Waals surface area contributed by atoms with Crippen molar-refractivity contribution in [3.63, 3.8) is 0 Å². The standard InChI is InChI=1S/C20H27N3O2.HI/c1-3-4-14-25-18-10-8-16(9-11-18)12-13-22-20(21)23-17-6-5-7-19(15-17)24-2;/h5-11,15H,3-4,12-14H2,1-2H3,(H3,21,22,23);1H. The molecule has 6 heteroatoms. The molecular weight excluding hydrogens is 441 g/mol. The number of hydrogen-bond acceptors (Lipinski definition) is 3. The van der Waals surface area contributed by atoms with Crippen LogP contribution in [-0.4, -0.2) is 26.2 Å². The maximum absolute atomic E-state index is 5.93. The Kier molecular flexibility index (Phi) is 10.5. The van der Waals surface area contributed by atoms with Crippen LogP contribution in [0.5, 0.6) is 11.5 Å². The third kappa shape index (κ3) is 7.95. The highest BCUT2D eigenvalue weighted by Gasteiger charge is 1.99. The molecule has 0 unspecified atom stereocenters. The van der Waals surface area contributed by atoms with Gasteiger partial charge in [0.25, 0.3) is 0 Å². The molecule has 2 rings (SSSR count). The SMILES string of the molecule is CCCCOc1ccc(CCN=C(N)Nc2cccc(OC)c2)cc1.I. The zero-order valence-corrected chi connectivity index (χ0v) is 17.7. The molecule has 0 aliphatic rings. The zero-order chi connectivity index (χ0) is 17.9. The first-order valence-electron chi connectivity index (χ1n) is 8.64. The van der Waals surface area contributed by atoms with E-state index in [1.807, 2.05) is 36.4 Å². The molecule has 26 heavy (non-hydrogen) atoms. The summed E-state index contributed by atoms with van der Waals surface area (Å²) in [5.74, 6) is 2.09. The molecule has 0 bridgehead atoms. The molecular formula is C20H28IN3O2. The Morgan fingerprint density at radius 1 is 1.12 bits per heavy atom. The van der Waals surface area contributed by atoms with Gasteiger partial charge in [-0.2, -0.15) is 0 Å². The molecule has 2 aromatic rings. The van der Waals surface area contributed by atoms with E-state index in [9.17, 15) is 0 Å². The summed E-state index contributed by atoms with van der Waals surface area (Å²) >= 11 is 0. The number of aliphatic imine (C=N–C) groups is 1. The fraction of sp³-hybridized carbons (Fsp3) is 0.350. The van der Waals surface area contributed by atoms with Crippen molar-refractivity contribution in [2.45, 2.75) is 26.2 Å². The van der Waals surface area contributed by atoms with Crippen LogP contribution in [-0.2, 0) is 6.42 Å². The first kappa shape index (κ1) is 22.1. The first-order chi connectivity index (χ1) is 12.2. The molecule has 0 spiro atoms. The topological polar surface area (TPSA) is 68.9 Å². The Bertz CT molecular complexity index is 675. The first-order valence-corrected chi connectivity index (χ1v) is 8.64. The number of nitrogens with two attached hydrogens (primary N) is 1. The summed E-state index contributed by atoms with van der Waals surface area (Å²) in [6.07, 6.45) is 3.05. The number of anilines is 1. The second kappa shape index (κ2) is 12.4. The van der Waals surface area contributed by atoms with Gasteiger partial charge in [0.05, 0.1) is 13.7 Å². The van der Waals surface area contributed by atoms with Gasteiger partial charge in [0.15, 0.2) is 5.96 Å². The fourth-order valence-corrected chi connectivity index (χ4v) is 2.28. The largest absolute Gasteiger partial charge is 0.497 e. The maximum Gasteiger partial charge on any atom is 0.193 e. The van der Waals surface area contributed by atoms with Crippen LogP contribution in [0.4, 0.5) is 5.69 Å². The Balaban J connectivity index is 0.00000338. The number of nitrogens with zero attached hydrogens (tertiary/aromatic N) is 1. The second-order valence-electron chi connectivity index (χ2n) is 5.72. The average molecular weight is 469 g/mol.